The van der Waals surface area contributed by atoms with Crippen molar-refractivity contribution in [2.75, 3.05) is 16.9 Å². The van der Waals surface area contributed by atoms with E-state index in [4.69, 9.17) is 34.8 Å². The zero-order valence-corrected chi connectivity index (χ0v) is 22.9. The van der Waals surface area contributed by atoms with Crippen molar-refractivity contribution in [3.05, 3.63) is 75.2 Å². The van der Waals surface area contributed by atoms with Crippen molar-refractivity contribution in [1.82, 2.24) is 0 Å². The van der Waals surface area contributed by atoms with E-state index in [1.807, 2.05) is 6.26 Å². The number of phenolic OH excluding ortho intramolecular Hbond substituents is 1. The van der Waals surface area contributed by atoms with Crippen molar-refractivity contribution in [3.8, 4) is 5.75 Å². The molecule has 0 aliphatic heterocycles. The van der Waals surface area contributed by atoms with Gasteiger partial charge in [0, 0.05) is 26.6 Å². The molecule has 0 aliphatic rings. The van der Waals surface area contributed by atoms with Gasteiger partial charge in [0.2, 0.25) is 5.91 Å². The summed E-state index contributed by atoms with van der Waals surface area (Å²) in [5.74, 6) is -1.81. The lowest BCUT2D eigenvalue weighted by Crippen LogP contribution is -2.34. The molecule has 0 saturated carbocycles. The number of carbonyl (C=O) groups excluding carboxylic acids is 2. The molecule has 3 aromatic carbocycles. The van der Waals surface area contributed by atoms with Crippen LogP contribution in [-0.2, 0) is 14.6 Å². The average Bonchev–Trinajstić information content (AvgIpc) is 2.81. The standard InChI is InChI=1S/C24H21Cl3N2O5S2/c1-3-22(36(33,34)17-6-4-16(35-2)5-7-17)24(32)28-19-12-21(30)20(11-18(19)27)29-23(31)13-8-14(25)10-15(26)9-13/h4-12,22,30H,3H2,1-2H3,(H,28,32)(H,29,31). The molecule has 190 valence electrons. The number of anilines is 2. The van der Waals surface area contributed by atoms with Crippen molar-refractivity contribution < 1.29 is 23.1 Å². The van der Waals surface area contributed by atoms with Gasteiger partial charge < -0.3 is 15.7 Å². The first-order valence-corrected chi connectivity index (χ1v) is 14.4. The van der Waals surface area contributed by atoms with E-state index in [9.17, 15) is 23.1 Å². The van der Waals surface area contributed by atoms with Crippen LogP contribution in [0.25, 0.3) is 0 Å². The molecule has 1 unspecified atom stereocenters. The van der Waals surface area contributed by atoms with E-state index in [0.717, 1.165) is 11.0 Å². The number of nitrogens with one attached hydrogen (secondary N) is 2. The highest BCUT2D eigenvalue weighted by atomic mass is 35.5. The van der Waals surface area contributed by atoms with Crippen molar-refractivity contribution in [3.63, 3.8) is 0 Å². The summed E-state index contributed by atoms with van der Waals surface area (Å²) in [7, 11) is -3.99. The molecule has 0 radical (unpaired) electrons. The molecule has 0 bridgehead atoms. The number of phenols is 1. The van der Waals surface area contributed by atoms with Crippen LogP contribution < -0.4 is 10.6 Å². The second kappa shape index (κ2) is 11.7. The molecule has 12 heteroatoms. The van der Waals surface area contributed by atoms with Crippen LogP contribution in [0.1, 0.15) is 23.7 Å². The van der Waals surface area contributed by atoms with Gasteiger partial charge in [-0.25, -0.2) is 8.42 Å². The summed E-state index contributed by atoms with van der Waals surface area (Å²) < 4.78 is 26.2. The zero-order valence-electron chi connectivity index (χ0n) is 19.0. The summed E-state index contributed by atoms with van der Waals surface area (Å²) in [6.07, 6.45) is 1.88. The Balaban J connectivity index is 1.81. The maximum Gasteiger partial charge on any atom is 0.255 e. The van der Waals surface area contributed by atoms with Gasteiger partial charge in [0.1, 0.15) is 11.0 Å². The Hall–Kier alpha value is -2.43. The molecule has 0 aromatic heterocycles. The third-order valence-corrected chi connectivity index (χ3v) is 8.86. The number of amides is 2. The highest BCUT2D eigenvalue weighted by Crippen LogP contribution is 2.35. The van der Waals surface area contributed by atoms with E-state index in [2.05, 4.69) is 10.6 Å². The lowest BCUT2D eigenvalue weighted by atomic mass is 10.2. The Morgan fingerprint density at radius 3 is 2.11 bits per heavy atom. The molecule has 0 aliphatic carbocycles. The summed E-state index contributed by atoms with van der Waals surface area (Å²) in [6, 6.07) is 12.9. The Labute approximate surface area is 228 Å². The van der Waals surface area contributed by atoms with Gasteiger partial charge in [-0.05, 0) is 61.2 Å². The first-order valence-electron chi connectivity index (χ1n) is 10.4. The van der Waals surface area contributed by atoms with Crippen LogP contribution in [0.5, 0.6) is 5.75 Å². The molecular weight excluding hydrogens is 567 g/mol. The fourth-order valence-electron chi connectivity index (χ4n) is 3.33. The normalized spacial score (nSPS) is 12.1. The lowest BCUT2D eigenvalue weighted by molar-refractivity contribution is -0.115. The van der Waals surface area contributed by atoms with Gasteiger partial charge in [-0.15, -0.1) is 11.8 Å². The molecule has 0 spiro atoms. The van der Waals surface area contributed by atoms with E-state index in [1.165, 1.54) is 48.2 Å². The van der Waals surface area contributed by atoms with Gasteiger partial charge >= 0.3 is 0 Å². The molecule has 0 fully saturated rings. The van der Waals surface area contributed by atoms with E-state index >= 15 is 0 Å². The van der Waals surface area contributed by atoms with E-state index in [1.54, 1.807) is 19.1 Å². The fraction of sp³-hybridized carbons (Fsp3) is 0.167. The van der Waals surface area contributed by atoms with Gasteiger partial charge in [-0.3, -0.25) is 9.59 Å². The number of carbonyl (C=O) groups is 2. The van der Waals surface area contributed by atoms with Crippen molar-refractivity contribution in [2.45, 2.75) is 28.4 Å². The molecule has 2 amide bonds. The van der Waals surface area contributed by atoms with Gasteiger partial charge in [-0.1, -0.05) is 41.7 Å². The van der Waals surface area contributed by atoms with Gasteiger partial charge in [-0.2, -0.15) is 0 Å². The monoisotopic (exact) mass is 586 g/mol. The molecule has 36 heavy (non-hydrogen) atoms. The number of benzene rings is 3. The van der Waals surface area contributed by atoms with Crippen LogP contribution >= 0.6 is 46.6 Å². The van der Waals surface area contributed by atoms with Gasteiger partial charge in [0.05, 0.1) is 21.3 Å². The predicted molar refractivity (Wildman–Crippen MR) is 146 cm³/mol. The van der Waals surface area contributed by atoms with Crippen molar-refractivity contribution in [2.24, 2.45) is 0 Å². The van der Waals surface area contributed by atoms with E-state index in [0.29, 0.717) is 0 Å². The van der Waals surface area contributed by atoms with Crippen molar-refractivity contribution >= 4 is 79.6 Å². The first kappa shape index (κ1) is 28.1. The molecule has 1 atom stereocenters. The quantitative estimate of drug-likeness (QED) is 0.204. The second-order valence-electron chi connectivity index (χ2n) is 7.57. The van der Waals surface area contributed by atoms with Crippen LogP contribution in [0.4, 0.5) is 11.4 Å². The Bertz CT molecular complexity index is 1390. The van der Waals surface area contributed by atoms with E-state index < -0.39 is 32.7 Å². The number of halogens is 3. The molecule has 0 saturated heterocycles. The summed E-state index contributed by atoms with van der Waals surface area (Å²) in [5, 5.41) is 14.5. The summed E-state index contributed by atoms with van der Waals surface area (Å²) in [5.41, 5.74) is 0.101. The zero-order chi connectivity index (χ0) is 26.6. The Morgan fingerprint density at radius 1 is 0.944 bits per heavy atom. The van der Waals surface area contributed by atoms with Crippen LogP contribution in [-0.4, -0.2) is 36.8 Å². The fourth-order valence-corrected chi connectivity index (χ4v) is 6.09. The molecule has 0 heterocycles. The number of rotatable bonds is 8. The third-order valence-electron chi connectivity index (χ3n) is 5.14. The van der Waals surface area contributed by atoms with Crippen LogP contribution in [0, 0.1) is 0 Å². The molecular formula is C24H21Cl3N2O5S2. The van der Waals surface area contributed by atoms with Gasteiger partial charge in [0.25, 0.3) is 5.91 Å². The van der Waals surface area contributed by atoms with E-state index in [-0.39, 0.29) is 43.3 Å². The molecule has 3 N–H and O–H groups in total. The molecule has 7 nitrogen and oxygen atoms in total. The largest absolute Gasteiger partial charge is 0.506 e. The summed E-state index contributed by atoms with van der Waals surface area (Å²) in [6.45, 7) is 1.58. The number of thioether (sulfide) groups is 1. The smallest absolute Gasteiger partial charge is 0.255 e. The topological polar surface area (TPSA) is 113 Å². The van der Waals surface area contributed by atoms with Gasteiger partial charge in [0.15, 0.2) is 9.84 Å². The average molecular weight is 588 g/mol. The molecule has 3 aromatic rings. The van der Waals surface area contributed by atoms with Crippen LogP contribution in [0.2, 0.25) is 15.1 Å². The van der Waals surface area contributed by atoms with Crippen LogP contribution in [0.3, 0.4) is 0 Å². The highest BCUT2D eigenvalue weighted by Gasteiger charge is 2.33. The SMILES string of the molecule is CCC(C(=O)Nc1cc(O)c(NC(=O)c2cc(Cl)cc(Cl)c2)cc1Cl)S(=O)(=O)c1ccc(SC)cc1. The number of hydrogen-bond acceptors (Lipinski definition) is 6. The Morgan fingerprint density at radius 2 is 1.56 bits per heavy atom. The lowest BCUT2D eigenvalue weighted by Gasteiger charge is -2.18. The highest BCUT2D eigenvalue weighted by molar-refractivity contribution is 7.98. The second-order valence-corrected chi connectivity index (χ2v) is 11.9. The minimum atomic E-state index is -3.99. The maximum atomic E-state index is 13.1. The van der Waals surface area contributed by atoms with Crippen molar-refractivity contribution in [1.29, 1.82) is 0 Å². The minimum Gasteiger partial charge on any atom is -0.506 e. The number of sulfone groups is 1. The number of hydrogen-bond donors (Lipinski definition) is 3. The summed E-state index contributed by atoms with van der Waals surface area (Å²) >= 11 is 19.6. The van der Waals surface area contributed by atoms with Crippen LogP contribution in [0.15, 0.2) is 64.4 Å². The Kier molecular flexibility index (Phi) is 9.18. The maximum absolute atomic E-state index is 13.1. The molecule has 3 rings (SSSR count). The number of aromatic hydroxyl groups is 1. The first-order chi connectivity index (χ1) is 17.0. The summed E-state index contributed by atoms with van der Waals surface area (Å²) in [4.78, 5) is 26.4. The minimum absolute atomic E-state index is 0.0123. The predicted octanol–water partition coefficient (Wildman–Crippen LogP) is 6.52. The third kappa shape index (κ3) is 6.46.